The van der Waals surface area contributed by atoms with Crippen LogP contribution in [0.1, 0.15) is 155 Å². The molecule has 3 aromatic heterocycles. The molecule has 12 nitrogen and oxygen atoms in total. The zero-order chi connectivity index (χ0) is 56.4. The van der Waals surface area contributed by atoms with E-state index >= 15 is 0 Å². The lowest BCUT2D eigenvalue weighted by Crippen LogP contribution is -2.27. The van der Waals surface area contributed by atoms with Crippen molar-refractivity contribution in [3.8, 4) is 0 Å². The van der Waals surface area contributed by atoms with Gasteiger partial charge in [0.05, 0.1) is 0 Å². The molecule has 1 aliphatic rings. The molecule has 6 aromatic carbocycles. The molecule has 10 rings (SSSR count). The molecule has 0 unspecified atom stereocenters. The molecule has 0 N–H and O–H groups in total. The maximum Gasteiger partial charge on any atom is 0.163 e. The lowest BCUT2D eigenvalue weighted by atomic mass is 9.97. The monoisotopic (exact) mass is 1070 g/mol. The smallest absolute Gasteiger partial charge is 0.163 e. The summed E-state index contributed by atoms with van der Waals surface area (Å²) >= 11 is 0. The molecule has 414 valence electrons. The SMILES string of the molecule is CCN(C)CCCn1c2ccc(C(C)=O)cc2c2cc(C(=O)CCC(=O)c3ccc4c(c3)c3cc(C(=O)CCC(=O)c5ccc6c(c5)c5cc(C(C)=O)ccc5n6CCCN5CCCC5)ccc3n4CCCN(C)C(C)C)ccc21. The molecule has 0 bridgehead atoms. The van der Waals surface area contributed by atoms with Crippen molar-refractivity contribution < 1.29 is 28.8 Å². The second-order valence-corrected chi connectivity index (χ2v) is 22.7. The number of rotatable bonds is 26. The molecule has 0 spiro atoms. The van der Waals surface area contributed by atoms with Crippen LogP contribution in [0.15, 0.2) is 109 Å². The first kappa shape index (κ1) is 55.9. The first-order chi connectivity index (χ1) is 38.6. The van der Waals surface area contributed by atoms with E-state index in [2.05, 4.69) is 63.3 Å². The first-order valence-electron chi connectivity index (χ1n) is 29.0. The number of aromatic nitrogens is 3. The summed E-state index contributed by atoms with van der Waals surface area (Å²) in [4.78, 5) is 88.4. The molecule has 0 amide bonds. The number of carbonyl (C=O) groups excluding carboxylic acids is 6. The molecule has 80 heavy (non-hydrogen) atoms. The summed E-state index contributed by atoms with van der Waals surface area (Å²) < 4.78 is 6.86. The van der Waals surface area contributed by atoms with E-state index in [-0.39, 0.29) is 60.4 Å². The Labute approximate surface area is 469 Å². The second kappa shape index (κ2) is 24.1. The number of likely N-dealkylation sites (tertiary alicyclic amines) is 1. The molecule has 1 aliphatic heterocycles. The van der Waals surface area contributed by atoms with Gasteiger partial charge in [-0.05, 0) is 222 Å². The molecule has 1 saturated heterocycles. The summed E-state index contributed by atoms with van der Waals surface area (Å²) in [5.74, 6) is -0.576. The van der Waals surface area contributed by atoms with Crippen LogP contribution in [0, 0.1) is 0 Å². The molecule has 0 aliphatic carbocycles. The molecule has 0 radical (unpaired) electrons. The molecule has 12 heteroatoms. The van der Waals surface area contributed by atoms with Gasteiger partial charge in [0.1, 0.15) is 0 Å². The van der Waals surface area contributed by atoms with Gasteiger partial charge in [-0.1, -0.05) is 6.92 Å². The largest absolute Gasteiger partial charge is 0.340 e. The molecule has 0 saturated carbocycles. The Kier molecular flexibility index (Phi) is 16.9. The second-order valence-electron chi connectivity index (χ2n) is 22.7. The Bertz CT molecular complexity index is 3880. The van der Waals surface area contributed by atoms with E-state index in [9.17, 15) is 28.8 Å². The van der Waals surface area contributed by atoms with Crippen LogP contribution >= 0.6 is 0 Å². The van der Waals surface area contributed by atoms with Gasteiger partial charge in [0.2, 0.25) is 0 Å². The number of fused-ring (bicyclic) bond motifs is 9. The van der Waals surface area contributed by atoms with Crippen molar-refractivity contribution in [1.29, 1.82) is 0 Å². The van der Waals surface area contributed by atoms with Crippen LogP contribution in [0.4, 0.5) is 0 Å². The molecule has 0 atom stereocenters. The van der Waals surface area contributed by atoms with Crippen molar-refractivity contribution in [1.82, 2.24) is 28.4 Å². The number of hydrogen-bond acceptors (Lipinski definition) is 9. The van der Waals surface area contributed by atoms with Crippen LogP contribution in [-0.2, 0) is 19.6 Å². The van der Waals surface area contributed by atoms with Gasteiger partial charge in [-0.15, -0.1) is 0 Å². The third kappa shape index (κ3) is 11.6. The van der Waals surface area contributed by atoms with Gasteiger partial charge in [-0.2, -0.15) is 0 Å². The summed E-state index contributed by atoms with van der Waals surface area (Å²) in [5, 5.41) is 5.41. The van der Waals surface area contributed by atoms with Gasteiger partial charge >= 0.3 is 0 Å². The van der Waals surface area contributed by atoms with Gasteiger partial charge < -0.3 is 28.4 Å². The summed E-state index contributed by atoms with van der Waals surface area (Å²) in [7, 11) is 4.24. The van der Waals surface area contributed by atoms with Crippen molar-refractivity contribution in [3.63, 3.8) is 0 Å². The maximum absolute atomic E-state index is 14.2. The lowest BCUT2D eigenvalue weighted by molar-refractivity contribution is 0.0917. The minimum Gasteiger partial charge on any atom is -0.340 e. The first-order valence-corrected chi connectivity index (χ1v) is 29.0. The van der Waals surface area contributed by atoms with E-state index in [0.29, 0.717) is 39.4 Å². The fourth-order valence-electron chi connectivity index (χ4n) is 12.1. The third-order valence-electron chi connectivity index (χ3n) is 17.1. The predicted octanol–water partition coefficient (Wildman–Crippen LogP) is 13.7. The summed E-state index contributed by atoms with van der Waals surface area (Å²) in [6.45, 7) is 18.1. The van der Waals surface area contributed by atoms with Gasteiger partial charge in [0, 0.05) is 150 Å². The average Bonchev–Trinajstić information content (AvgIpc) is 4.35. The van der Waals surface area contributed by atoms with Crippen molar-refractivity contribution >= 4 is 100 Å². The molecule has 4 heterocycles. The van der Waals surface area contributed by atoms with Crippen LogP contribution in [0.5, 0.6) is 0 Å². The standard InChI is InChI=1S/C68H76N6O6/c1-8-69(6)30-11-35-72-59-20-14-47(45(4)75)38-53(59)55-40-49(16-22-61(55)72)65(77)26-28-67(79)51-18-24-63-57(42-51)58-43-52(19-25-64(58)73(63)36-12-31-70(7)44(2)3)68(80)29-27-66(78)50-17-23-62-56(41-50)54-39-48(46(5)76)15-21-60(54)74(62)37-13-34-71-32-9-10-33-71/h14-25,38-44H,8-13,26-37H2,1-7H3. The number of ketones is 6. The molecule has 9 aromatic rings. The van der Waals surface area contributed by atoms with Crippen LogP contribution < -0.4 is 0 Å². The van der Waals surface area contributed by atoms with Crippen molar-refractivity contribution in [2.45, 2.75) is 118 Å². The maximum atomic E-state index is 14.2. The summed E-state index contributed by atoms with van der Waals surface area (Å²) in [6.07, 6.45) is 5.45. The highest BCUT2D eigenvalue weighted by Crippen LogP contribution is 2.36. The fourth-order valence-corrected chi connectivity index (χ4v) is 12.1. The highest BCUT2D eigenvalue weighted by molar-refractivity contribution is 6.16. The number of carbonyl (C=O) groups is 6. The minimum absolute atomic E-state index is 0.0115. The van der Waals surface area contributed by atoms with E-state index in [1.54, 1.807) is 13.8 Å². The molecule has 1 fully saturated rings. The highest BCUT2D eigenvalue weighted by atomic mass is 16.1. The highest BCUT2D eigenvalue weighted by Gasteiger charge is 2.22. The van der Waals surface area contributed by atoms with Crippen molar-refractivity contribution in [2.75, 3.05) is 53.4 Å². The van der Waals surface area contributed by atoms with E-state index in [1.165, 1.54) is 12.8 Å². The van der Waals surface area contributed by atoms with E-state index < -0.39 is 0 Å². The fraction of sp³-hybridized carbons (Fsp3) is 0.382. The van der Waals surface area contributed by atoms with Gasteiger partial charge in [-0.25, -0.2) is 0 Å². The Morgan fingerprint density at radius 1 is 0.425 bits per heavy atom. The van der Waals surface area contributed by atoms with E-state index in [1.807, 2.05) is 109 Å². The van der Waals surface area contributed by atoms with Crippen LogP contribution in [0.3, 0.4) is 0 Å². The van der Waals surface area contributed by atoms with Crippen LogP contribution in [0.2, 0.25) is 0 Å². The summed E-state index contributed by atoms with van der Waals surface area (Å²) in [6, 6.07) is 35.1. The van der Waals surface area contributed by atoms with E-state index in [0.717, 1.165) is 144 Å². The minimum atomic E-state index is -0.147. The third-order valence-corrected chi connectivity index (χ3v) is 17.1. The Morgan fingerprint density at radius 3 is 1.04 bits per heavy atom. The van der Waals surface area contributed by atoms with Gasteiger partial charge in [0.25, 0.3) is 0 Å². The van der Waals surface area contributed by atoms with Crippen LogP contribution in [0.25, 0.3) is 65.4 Å². The van der Waals surface area contributed by atoms with Crippen molar-refractivity contribution in [3.05, 3.63) is 143 Å². The lowest BCUT2D eigenvalue weighted by Gasteiger charge is -2.21. The topological polar surface area (TPSA) is 127 Å². The zero-order valence-corrected chi connectivity index (χ0v) is 47.8. The number of aryl methyl sites for hydroxylation is 3. The van der Waals surface area contributed by atoms with Gasteiger partial charge in [-0.3, -0.25) is 28.8 Å². The Balaban J connectivity index is 0.878. The number of benzene rings is 6. The summed E-state index contributed by atoms with van der Waals surface area (Å²) in [5.41, 5.74) is 9.29. The molecular weight excluding hydrogens is 997 g/mol. The number of hydrogen-bond donors (Lipinski definition) is 0. The zero-order valence-electron chi connectivity index (χ0n) is 47.8. The van der Waals surface area contributed by atoms with E-state index in [4.69, 9.17) is 0 Å². The number of nitrogens with zero attached hydrogens (tertiary/aromatic N) is 6. The van der Waals surface area contributed by atoms with Gasteiger partial charge in [0.15, 0.2) is 34.7 Å². The average molecular weight is 1070 g/mol. The Morgan fingerprint density at radius 2 is 0.725 bits per heavy atom. The number of Topliss-reactive ketones (excluding diaryl/α,β-unsaturated/α-hetero) is 6. The van der Waals surface area contributed by atoms with Crippen LogP contribution in [-0.4, -0.2) is 123 Å². The van der Waals surface area contributed by atoms with Crippen molar-refractivity contribution in [2.24, 2.45) is 0 Å². The predicted molar refractivity (Wildman–Crippen MR) is 325 cm³/mol. The molecular formula is C68H76N6O6. The normalized spacial score (nSPS) is 13.3. The Hall–Kier alpha value is -7.38. The quantitative estimate of drug-likeness (QED) is 0.0487.